The summed E-state index contributed by atoms with van der Waals surface area (Å²) in [6.07, 6.45) is 4.14. The highest BCUT2D eigenvalue weighted by Gasteiger charge is 2.20. The van der Waals surface area contributed by atoms with Crippen LogP contribution < -0.4 is 0 Å². The molecule has 0 spiro atoms. The molecule has 0 atom stereocenters. The number of hydrogen-bond acceptors (Lipinski definition) is 7. The van der Waals surface area contributed by atoms with Gasteiger partial charge < -0.3 is 9.57 Å². The Morgan fingerprint density at radius 3 is 2.19 bits per heavy atom. The number of benzene rings is 2. The van der Waals surface area contributed by atoms with Gasteiger partial charge in [0, 0.05) is 23.1 Å². The molecule has 164 valence electrons. The Labute approximate surface area is 187 Å². The van der Waals surface area contributed by atoms with Gasteiger partial charge >= 0.3 is 5.97 Å². The number of ketones is 2. The normalized spacial score (nSPS) is 11.2. The van der Waals surface area contributed by atoms with Gasteiger partial charge in [0.2, 0.25) is 5.78 Å². The number of carbonyl (C=O) groups is 3. The van der Waals surface area contributed by atoms with Crippen molar-refractivity contribution in [3.05, 3.63) is 65.7 Å². The summed E-state index contributed by atoms with van der Waals surface area (Å²) >= 11 is 1.51. The van der Waals surface area contributed by atoms with Crippen LogP contribution >= 0.6 is 11.8 Å². The first-order valence-corrected chi connectivity index (χ1v) is 11.2. The third-order valence-corrected chi connectivity index (χ3v) is 5.41. The van der Waals surface area contributed by atoms with Crippen LogP contribution in [0.2, 0.25) is 0 Å². The lowest BCUT2D eigenvalue weighted by molar-refractivity contribution is -0.138. The van der Waals surface area contributed by atoms with E-state index >= 15 is 0 Å². The first-order valence-electron chi connectivity index (χ1n) is 10.2. The summed E-state index contributed by atoms with van der Waals surface area (Å²) in [7, 11) is 1.62. The Bertz CT molecular complexity index is 894. The molecule has 0 unspecified atom stereocenters. The molecule has 0 fully saturated rings. The fourth-order valence-corrected chi connectivity index (χ4v) is 3.34. The van der Waals surface area contributed by atoms with E-state index in [4.69, 9.17) is 9.57 Å². The van der Waals surface area contributed by atoms with Gasteiger partial charge in [0.05, 0.1) is 5.94 Å². The van der Waals surface area contributed by atoms with Crippen molar-refractivity contribution in [3.8, 4) is 0 Å². The highest BCUT2D eigenvalue weighted by molar-refractivity contribution is 7.99. The Kier molecular flexibility index (Phi) is 10.7. The molecule has 0 aromatic heterocycles. The molecule has 0 bridgehead atoms. The van der Waals surface area contributed by atoms with Crippen LogP contribution in [-0.2, 0) is 14.4 Å². The van der Waals surface area contributed by atoms with Crippen LogP contribution in [0.3, 0.4) is 0 Å². The lowest BCUT2D eigenvalue weighted by Crippen LogP contribution is -2.19. The minimum Gasteiger partial charge on any atom is -0.374 e. The molecule has 0 N–H and O–H groups in total. The van der Waals surface area contributed by atoms with Crippen LogP contribution in [0.1, 0.15) is 59.7 Å². The second-order valence-corrected chi connectivity index (χ2v) is 7.82. The average molecular weight is 442 g/mol. The van der Waals surface area contributed by atoms with E-state index in [-0.39, 0.29) is 17.1 Å². The van der Waals surface area contributed by atoms with Gasteiger partial charge in [-0.25, -0.2) is 4.79 Å². The topological polar surface area (TPSA) is 82.0 Å². The van der Waals surface area contributed by atoms with Gasteiger partial charge in [-0.15, -0.1) is 0 Å². The number of nitrogens with zero attached hydrogens (tertiary/aromatic N) is 1. The highest BCUT2D eigenvalue weighted by atomic mass is 32.2. The number of rotatable bonds is 13. The number of methoxy groups -OCH3 is 1. The van der Waals surface area contributed by atoms with Crippen molar-refractivity contribution in [3.63, 3.8) is 0 Å². The van der Waals surface area contributed by atoms with E-state index in [1.807, 2.05) is 12.1 Å². The predicted octanol–water partition coefficient (Wildman–Crippen LogP) is 5.32. The first kappa shape index (κ1) is 24.5. The molecule has 31 heavy (non-hydrogen) atoms. The zero-order chi connectivity index (χ0) is 22.5. The third-order valence-electron chi connectivity index (χ3n) is 4.45. The minimum absolute atomic E-state index is 0.127. The zero-order valence-electron chi connectivity index (χ0n) is 17.8. The van der Waals surface area contributed by atoms with Crippen molar-refractivity contribution in [2.75, 3.05) is 13.0 Å². The zero-order valence-corrected chi connectivity index (χ0v) is 18.7. The van der Waals surface area contributed by atoms with Gasteiger partial charge in [-0.1, -0.05) is 73.4 Å². The quantitative estimate of drug-likeness (QED) is 0.0612. The monoisotopic (exact) mass is 441 g/mol. The second-order valence-electron chi connectivity index (χ2n) is 6.83. The van der Waals surface area contributed by atoms with Crippen LogP contribution in [0.25, 0.3) is 0 Å². The molecule has 0 aliphatic heterocycles. The Hall–Kier alpha value is -2.77. The molecule has 0 radical (unpaired) electrons. The van der Waals surface area contributed by atoms with E-state index < -0.39 is 11.8 Å². The largest absolute Gasteiger partial charge is 0.405 e. The summed E-state index contributed by atoms with van der Waals surface area (Å²) in [6.45, 7) is 2.10. The molecule has 0 aliphatic carbocycles. The molecule has 0 saturated carbocycles. The maximum atomic E-state index is 12.9. The standard InChI is InChI=1S/C24H27NO5S/c1-3-4-5-9-12-21(22(26)19-13-15-20(16-14-19)31-17-29-2)25-30-24(28)23(27)18-10-7-6-8-11-18/h6-8,10-11,13-16H,3-5,9,12,17H2,1-2H3/b25-21+. The summed E-state index contributed by atoms with van der Waals surface area (Å²) in [4.78, 5) is 43.1. The third kappa shape index (κ3) is 8.11. The maximum absolute atomic E-state index is 12.9. The van der Waals surface area contributed by atoms with Gasteiger partial charge in [-0.2, -0.15) is 0 Å². The Morgan fingerprint density at radius 1 is 0.871 bits per heavy atom. The molecule has 0 amide bonds. The van der Waals surface area contributed by atoms with Crippen molar-refractivity contribution >= 4 is 35.0 Å². The summed E-state index contributed by atoms with van der Waals surface area (Å²) in [6, 6.07) is 15.2. The van der Waals surface area contributed by atoms with E-state index in [1.54, 1.807) is 37.4 Å². The van der Waals surface area contributed by atoms with Gasteiger partial charge in [-0.05, 0) is 37.1 Å². The van der Waals surface area contributed by atoms with E-state index in [0.29, 0.717) is 17.9 Å². The lowest BCUT2D eigenvalue weighted by Gasteiger charge is -2.07. The average Bonchev–Trinajstić information content (AvgIpc) is 2.82. The SMILES string of the molecule is CCCCCC/C(=N\OC(=O)C(=O)c1ccccc1)C(=O)c1ccc(SCOC)cc1. The molecule has 0 saturated heterocycles. The molecular formula is C24H27NO5S. The summed E-state index contributed by atoms with van der Waals surface area (Å²) < 4.78 is 5.03. The summed E-state index contributed by atoms with van der Waals surface area (Å²) in [5.74, 6) is -1.72. The van der Waals surface area contributed by atoms with Gasteiger partial charge in [-0.3, -0.25) is 9.59 Å². The van der Waals surface area contributed by atoms with Crippen molar-refractivity contribution < 1.29 is 24.0 Å². The smallest absolute Gasteiger partial charge is 0.374 e. The number of unbranched alkanes of at least 4 members (excludes halogenated alkanes) is 3. The number of oxime groups is 1. The number of carbonyl (C=O) groups excluding carboxylic acids is 3. The number of ether oxygens (including phenoxy) is 1. The number of Topliss-reactive ketones (excluding diaryl/α,β-unsaturated/α-hetero) is 2. The fraction of sp³-hybridized carbons (Fsp3) is 0.333. The molecular weight excluding hydrogens is 414 g/mol. The van der Waals surface area contributed by atoms with Crippen LogP contribution in [0.15, 0.2) is 64.6 Å². The van der Waals surface area contributed by atoms with Gasteiger partial charge in [0.1, 0.15) is 5.71 Å². The van der Waals surface area contributed by atoms with Crippen LogP contribution in [0, 0.1) is 0 Å². The van der Waals surface area contributed by atoms with Crippen molar-refractivity contribution in [2.45, 2.75) is 43.9 Å². The maximum Gasteiger partial charge on any atom is 0.405 e. The first-order chi connectivity index (χ1) is 15.1. The van der Waals surface area contributed by atoms with E-state index in [0.717, 1.165) is 30.6 Å². The van der Waals surface area contributed by atoms with Crippen LogP contribution in [0.4, 0.5) is 0 Å². The van der Waals surface area contributed by atoms with Crippen LogP contribution in [-0.4, -0.2) is 36.3 Å². The fourth-order valence-electron chi connectivity index (χ4n) is 2.76. The number of hydrogen-bond donors (Lipinski definition) is 0. The second kappa shape index (κ2) is 13.5. The summed E-state index contributed by atoms with van der Waals surface area (Å²) in [5.41, 5.74) is 0.784. The number of thioether (sulfide) groups is 1. The Balaban J connectivity index is 2.12. The minimum atomic E-state index is -1.11. The Morgan fingerprint density at radius 2 is 1.55 bits per heavy atom. The van der Waals surface area contributed by atoms with E-state index in [2.05, 4.69) is 12.1 Å². The van der Waals surface area contributed by atoms with E-state index in [9.17, 15) is 14.4 Å². The van der Waals surface area contributed by atoms with Crippen LogP contribution in [0.5, 0.6) is 0 Å². The van der Waals surface area contributed by atoms with Crippen molar-refractivity contribution in [1.29, 1.82) is 0 Å². The van der Waals surface area contributed by atoms with E-state index in [1.165, 1.54) is 23.9 Å². The molecule has 0 heterocycles. The molecule has 2 rings (SSSR count). The molecule has 7 heteroatoms. The van der Waals surface area contributed by atoms with Gasteiger partial charge in [0.15, 0.2) is 0 Å². The van der Waals surface area contributed by atoms with Crippen molar-refractivity contribution in [2.24, 2.45) is 5.16 Å². The molecule has 0 aliphatic rings. The predicted molar refractivity (Wildman–Crippen MR) is 122 cm³/mol. The molecule has 2 aromatic rings. The highest BCUT2D eigenvalue weighted by Crippen LogP contribution is 2.19. The van der Waals surface area contributed by atoms with Gasteiger partial charge in [0.25, 0.3) is 5.78 Å². The summed E-state index contributed by atoms with van der Waals surface area (Å²) in [5, 5.41) is 3.79. The molecule has 2 aromatic carbocycles. The molecule has 6 nitrogen and oxygen atoms in total. The lowest BCUT2D eigenvalue weighted by atomic mass is 10.0. The van der Waals surface area contributed by atoms with Crippen molar-refractivity contribution in [1.82, 2.24) is 0 Å².